The quantitative estimate of drug-likeness (QED) is 0.406. The van der Waals surface area contributed by atoms with Gasteiger partial charge in [-0.25, -0.2) is 8.42 Å². The number of rotatable bonds is 6. The van der Waals surface area contributed by atoms with E-state index >= 15 is 0 Å². The minimum Gasteiger partial charge on any atom is -0.481 e. The highest BCUT2D eigenvalue weighted by molar-refractivity contribution is 7.93. The molecule has 2 aromatic carbocycles. The van der Waals surface area contributed by atoms with Gasteiger partial charge in [0, 0.05) is 22.7 Å². The van der Waals surface area contributed by atoms with Crippen molar-refractivity contribution in [1.29, 1.82) is 0 Å². The van der Waals surface area contributed by atoms with Gasteiger partial charge in [-0.3, -0.25) is 4.79 Å². The molecule has 0 saturated carbocycles. The van der Waals surface area contributed by atoms with Crippen LogP contribution in [0.3, 0.4) is 0 Å². The van der Waals surface area contributed by atoms with Crippen LogP contribution in [0.15, 0.2) is 71.0 Å². The summed E-state index contributed by atoms with van der Waals surface area (Å²) < 4.78 is 42.2. The molecule has 0 bridgehead atoms. The molecule has 1 atom stereocenters. The van der Waals surface area contributed by atoms with E-state index in [4.69, 9.17) is 2.74 Å². The van der Waals surface area contributed by atoms with Crippen molar-refractivity contribution in [3.8, 4) is 11.8 Å². The Labute approximate surface area is 193 Å². The van der Waals surface area contributed by atoms with Crippen LogP contribution < -0.4 is 0 Å². The van der Waals surface area contributed by atoms with Gasteiger partial charge in [-0.1, -0.05) is 47.7 Å². The summed E-state index contributed by atoms with van der Waals surface area (Å²) in [6, 6.07) is 14.1. The van der Waals surface area contributed by atoms with Crippen LogP contribution in [0.25, 0.3) is 10.9 Å². The van der Waals surface area contributed by atoms with E-state index in [0.717, 1.165) is 27.8 Å². The topological polar surface area (TPSA) is 87.2 Å². The first-order valence-electron chi connectivity index (χ1n) is 10.8. The van der Waals surface area contributed by atoms with E-state index in [0.29, 0.717) is 11.1 Å². The summed E-state index contributed by atoms with van der Waals surface area (Å²) in [5, 5.41) is 10.6. The molecule has 0 saturated heterocycles. The van der Waals surface area contributed by atoms with Crippen LogP contribution in [0, 0.1) is 24.7 Å². The number of aromatic amines is 1. The standard InChI is InChI=1S/C25H21NO4S2/c1-17-6-8-18(9-7-17)10-11-21-12-13-24(31-21)32(29,30)16-20(25(27)28)14-19-15-26-23-5-3-2-4-22(19)23/h2-9,12-13,15,20,26H,14,16H2,1H3,(H,27,28)/t20-/m0/s1/i12D,13D. The first-order chi connectivity index (χ1) is 16.2. The minimum atomic E-state index is -4.13. The van der Waals surface area contributed by atoms with Crippen molar-refractivity contribution >= 4 is 38.0 Å². The molecule has 2 heterocycles. The van der Waals surface area contributed by atoms with E-state index in [1.165, 1.54) is 0 Å². The number of H-pyrrole nitrogens is 1. The monoisotopic (exact) mass is 465 g/mol. The Morgan fingerprint density at radius 1 is 1.16 bits per heavy atom. The van der Waals surface area contributed by atoms with Gasteiger partial charge >= 0.3 is 5.97 Å². The van der Waals surface area contributed by atoms with Crippen molar-refractivity contribution in [2.45, 2.75) is 17.6 Å². The zero-order chi connectivity index (χ0) is 24.5. The van der Waals surface area contributed by atoms with Gasteiger partial charge in [0.1, 0.15) is 4.21 Å². The van der Waals surface area contributed by atoms with Crippen LogP contribution in [-0.4, -0.2) is 30.2 Å². The number of carboxylic acid groups (broad SMARTS) is 1. The molecule has 2 N–H and O–H groups in total. The third kappa shape index (κ3) is 4.93. The summed E-state index contributed by atoms with van der Waals surface area (Å²) in [5.74, 6) is 2.57. The molecule has 0 aliphatic carbocycles. The Bertz CT molecular complexity index is 1540. The van der Waals surface area contributed by atoms with E-state index < -0.39 is 33.5 Å². The van der Waals surface area contributed by atoms with E-state index in [2.05, 4.69) is 16.8 Å². The molecular formula is C25H21NO4S2. The molecule has 0 amide bonds. The molecule has 5 nitrogen and oxygen atoms in total. The second-order valence-corrected chi connectivity index (χ2v) is 10.7. The first kappa shape index (κ1) is 19.4. The summed E-state index contributed by atoms with van der Waals surface area (Å²) in [5.41, 5.74) is 3.33. The van der Waals surface area contributed by atoms with E-state index in [1.807, 2.05) is 55.5 Å². The number of carbonyl (C=O) groups is 1. The number of thiophene rings is 1. The highest BCUT2D eigenvalue weighted by atomic mass is 32.2. The van der Waals surface area contributed by atoms with Crippen molar-refractivity contribution in [2.75, 3.05) is 5.75 Å². The van der Waals surface area contributed by atoms with Crippen LogP contribution in [-0.2, 0) is 21.1 Å². The van der Waals surface area contributed by atoms with Crippen molar-refractivity contribution < 1.29 is 21.1 Å². The van der Waals surface area contributed by atoms with Gasteiger partial charge in [0.25, 0.3) is 0 Å². The molecule has 0 spiro atoms. The normalized spacial score (nSPS) is 13.2. The lowest BCUT2D eigenvalue weighted by Crippen LogP contribution is -2.25. The van der Waals surface area contributed by atoms with Gasteiger partial charge in [0.05, 0.1) is 19.3 Å². The molecule has 7 heteroatoms. The van der Waals surface area contributed by atoms with Crippen molar-refractivity contribution in [3.05, 3.63) is 88.4 Å². The molecule has 4 rings (SSSR count). The lowest BCUT2D eigenvalue weighted by Gasteiger charge is -2.11. The predicted octanol–water partition coefficient (Wildman–Crippen LogP) is 4.65. The number of aryl methyl sites for hydroxylation is 1. The summed E-state index contributed by atoms with van der Waals surface area (Å²) in [6.07, 6.45) is 1.71. The maximum Gasteiger partial charge on any atom is 0.307 e. The fraction of sp³-hybridized carbons (Fsp3) is 0.160. The van der Waals surface area contributed by atoms with Gasteiger partial charge in [-0.15, -0.1) is 11.3 Å². The van der Waals surface area contributed by atoms with Gasteiger partial charge in [-0.2, -0.15) is 0 Å². The third-order valence-electron chi connectivity index (χ3n) is 5.04. The molecule has 0 fully saturated rings. The molecule has 4 aromatic rings. The molecule has 0 aliphatic heterocycles. The van der Waals surface area contributed by atoms with E-state index in [1.54, 1.807) is 6.20 Å². The number of sulfone groups is 1. The SMILES string of the molecule is [2H]c1c(C#Cc2ccc(C)cc2)sc(S(=O)(=O)C[C@H](Cc2c[nH]c3ccccc23)C(=O)O)c1[2H]. The van der Waals surface area contributed by atoms with Gasteiger partial charge in [-0.05, 0) is 49.2 Å². The molecule has 162 valence electrons. The van der Waals surface area contributed by atoms with Crippen molar-refractivity contribution in [1.82, 2.24) is 4.98 Å². The molecular weight excluding hydrogens is 442 g/mol. The molecule has 0 radical (unpaired) electrons. The number of carboxylic acids is 1. The zero-order valence-corrected chi connectivity index (χ0v) is 18.8. The van der Waals surface area contributed by atoms with Crippen molar-refractivity contribution in [2.24, 2.45) is 5.92 Å². The average Bonchev–Trinajstić information content (AvgIpc) is 3.34. The Balaban J connectivity index is 1.61. The van der Waals surface area contributed by atoms with Crippen LogP contribution in [0.4, 0.5) is 0 Å². The summed E-state index contributed by atoms with van der Waals surface area (Å²) in [7, 11) is -4.13. The lowest BCUT2D eigenvalue weighted by atomic mass is 10.0. The molecule has 0 aliphatic rings. The Morgan fingerprint density at radius 3 is 2.66 bits per heavy atom. The zero-order valence-electron chi connectivity index (χ0n) is 19.2. The Hall–Kier alpha value is -3.34. The van der Waals surface area contributed by atoms with E-state index in [-0.39, 0.29) is 21.5 Å². The summed E-state index contributed by atoms with van der Waals surface area (Å²) in [4.78, 5) is 15.2. The second-order valence-electron chi connectivity index (χ2n) is 7.46. The maximum atomic E-state index is 13.1. The fourth-order valence-electron chi connectivity index (χ4n) is 3.34. The van der Waals surface area contributed by atoms with Crippen LogP contribution in [0.5, 0.6) is 0 Å². The molecule has 0 unspecified atom stereocenters. The summed E-state index contributed by atoms with van der Waals surface area (Å²) in [6.45, 7) is 1.95. The molecule has 32 heavy (non-hydrogen) atoms. The number of aromatic nitrogens is 1. The number of hydrogen-bond donors (Lipinski definition) is 2. The van der Waals surface area contributed by atoms with Gasteiger partial charge < -0.3 is 10.1 Å². The maximum absolute atomic E-state index is 13.1. The van der Waals surface area contributed by atoms with Gasteiger partial charge in [0.15, 0.2) is 9.84 Å². The Morgan fingerprint density at radius 2 is 1.91 bits per heavy atom. The predicted molar refractivity (Wildman–Crippen MR) is 127 cm³/mol. The largest absolute Gasteiger partial charge is 0.481 e. The van der Waals surface area contributed by atoms with Crippen LogP contribution >= 0.6 is 11.3 Å². The average molecular weight is 466 g/mol. The number of hydrogen-bond acceptors (Lipinski definition) is 4. The number of aliphatic carboxylic acids is 1. The number of fused-ring (bicyclic) bond motifs is 1. The number of para-hydroxylation sites is 1. The second kappa shape index (κ2) is 9.03. The highest BCUT2D eigenvalue weighted by Gasteiger charge is 2.28. The smallest absolute Gasteiger partial charge is 0.307 e. The fourth-order valence-corrected chi connectivity index (χ4v) is 5.94. The Kier molecular flexibility index (Phi) is 5.46. The third-order valence-corrected chi connectivity index (χ3v) is 8.25. The van der Waals surface area contributed by atoms with Crippen LogP contribution in [0.2, 0.25) is 0 Å². The van der Waals surface area contributed by atoms with Gasteiger partial charge in [0.2, 0.25) is 0 Å². The van der Waals surface area contributed by atoms with Crippen molar-refractivity contribution in [3.63, 3.8) is 0 Å². The van der Waals surface area contributed by atoms with E-state index in [9.17, 15) is 18.3 Å². The number of benzene rings is 2. The lowest BCUT2D eigenvalue weighted by molar-refractivity contribution is -0.140. The number of nitrogens with one attached hydrogen (secondary N) is 1. The summed E-state index contributed by atoms with van der Waals surface area (Å²) >= 11 is 0.744. The highest BCUT2D eigenvalue weighted by Crippen LogP contribution is 2.26. The first-order valence-corrected chi connectivity index (χ1v) is 12.3. The minimum absolute atomic E-state index is 0.0190. The molecule has 2 aromatic heterocycles. The van der Waals surface area contributed by atoms with Crippen LogP contribution in [0.1, 0.15) is 24.3 Å².